The van der Waals surface area contributed by atoms with Crippen LogP contribution in [0, 0.1) is 0 Å². The van der Waals surface area contributed by atoms with Gasteiger partial charge in [0.2, 0.25) is 0 Å². The van der Waals surface area contributed by atoms with Crippen molar-refractivity contribution in [1.82, 2.24) is 0 Å². The van der Waals surface area contributed by atoms with Crippen LogP contribution in [-0.4, -0.2) is 17.7 Å². The van der Waals surface area contributed by atoms with E-state index in [-0.39, 0.29) is 5.75 Å². The van der Waals surface area contributed by atoms with Gasteiger partial charge >= 0.3 is 11.9 Å². The smallest absolute Gasteiger partial charge is 0.323 e. The van der Waals surface area contributed by atoms with Crippen LogP contribution in [0.25, 0.3) is 0 Å². The predicted octanol–water partition coefficient (Wildman–Crippen LogP) is 6.02. The first-order valence-electron chi connectivity index (χ1n) is 9.70. The van der Waals surface area contributed by atoms with Crippen LogP contribution in [0.15, 0.2) is 12.2 Å². The van der Waals surface area contributed by atoms with Gasteiger partial charge in [-0.1, -0.05) is 70.4 Å². The number of allylic oxidation sites excluding steroid dienone is 2. The molecule has 0 aromatic rings. The van der Waals surface area contributed by atoms with Crippen molar-refractivity contribution in [3.63, 3.8) is 0 Å². The molecule has 0 aliphatic carbocycles. The number of carbonyl (C=O) groups is 2. The van der Waals surface area contributed by atoms with E-state index >= 15 is 0 Å². The van der Waals surface area contributed by atoms with Gasteiger partial charge in [-0.3, -0.25) is 9.59 Å². The Morgan fingerprint density at radius 1 is 0.750 bits per heavy atom. The summed E-state index contributed by atoms with van der Waals surface area (Å²) < 4.78 is 4.56. The third-order valence-electron chi connectivity index (χ3n) is 4.00. The molecule has 0 aliphatic heterocycles. The van der Waals surface area contributed by atoms with Crippen LogP contribution in [-0.2, 0) is 14.3 Å². The fourth-order valence-corrected chi connectivity index (χ4v) is 2.61. The summed E-state index contributed by atoms with van der Waals surface area (Å²) in [4.78, 5) is 22.1. The van der Waals surface area contributed by atoms with Crippen LogP contribution in [0.2, 0.25) is 0 Å². The highest BCUT2D eigenvalue weighted by molar-refractivity contribution is 7.81. The van der Waals surface area contributed by atoms with Crippen molar-refractivity contribution in [1.29, 1.82) is 0 Å². The topological polar surface area (TPSA) is 43.4 Å². The Labute approximate surface area is 154 Å². The number of rotatable bonds is 16. The van der Waals surface area contributed by atoms with Crippen LogP contribution in [0.5, 0.6) is 0 Å². The molecule has 0 saturated carbocycles. The normalized spacial score (nSPS) is 11.1. The van der Waals surface area contributed by atoms with Crippen molar-refractivity contribution < 1.29 is 14.3 Å². The first-order valence-corrected chi connectivity index (χ1v) is 10.3. The molecule has 0 heterocycles. The van der Waals surface area contributed by atoms with Crippen LogP contribution in [0.3, 0.4) is 0 Å². The highest BCUT2D eigenvalue weighted by atomic mass is 32.1. The van der Waals surface area contributed by atoms with E-state index < -0.39 is 11.9 Å². The van der Waals surface area contributed by atoms with Crippen molar-refractivity contribution in [2.24, 2.45) is 0 Å². The molecular formula is C20H36O3S. The molecule has 0 spiro atoms. The summed E-state index contributed by atoms with van der Waals surface area (Å²) in [6, 6.07) is 0. The van der Waals surface area contributed by atoms with E-state index in [0.717, 1.165) is 25.7 Å². The van der Waals surface area contributed by atoms with E-state index in [0.29, 0.717) is 6.42 Å². The van der Waals surface area contributed by atoms with Crippen molar-refractivity contribution in [3.05, 3.63) is 12.2 Å². The third-order valence-corrected chi connectivity index (χ3v) is 4.26. The van der Waals surface area contributed by atoms with E-state index in [1.807, 2.05) is 0 Å². The standard InChI is InChI=1S/C20H36O3S/c1-2-3-4-5-6-7-8-9-10-11-12-13-14-15-16-17-19(21)23-20(22)18-24/h9-10,24H,2-8,11-18H2,1H3. The van der Waals surface area contributed by atoms with Crippen molar-refractivity contribution in [2.75, 3.05) is 5.75 Å². The summed E-state index contributed by atoms with van der Waals surface area (Å²) in [6.07, 6.45) is 20.9. The van der Waals surface area contributed by atoms with Gasteiger partial charge in [0.05, 0.1) is 5.75 Å². The lowest BCUT2D eigenvalue weighted by Crippen LogP contribution is -2.12. The number of hydrogen-bond acceptors (Lipinski definition) is 4. The first kappa shape index (κ1) is 23.2. The quantitative estimate of drug-likeness (QED) is 0.121. The number of carbonyl (C=O) groups excluding carboxylic acids is 2. The van der Waals surface area contributed by atoms with Crippen molar-refractivity contribution in [3.8, 4) is 0 Å². The molecule has 0 aromatic carbocycles. The average Bonchev–Trinajstić information content (AvgIpc) is 2.58. The van der Waals surface area contributed by atoms with Gasteiger partial charge in [-0.05, 0) is 32.1 Å². The molecule has 0 bridgehead atoms. The largest absolute Gasteiger partial charge is 0.393 e. The lowest BCUT2D eigenvalue weighted by molar-refractivity contribution is -0.157. The van der Waals surface area contributed by atoms with Crippen LogP contribution in [0.1, 0.15) is 96.8 Å². The van der Waals surface area contributed by atoms with Crippen LogP contribution >= 0.6 is 12.6 Å². The summed E-state index contributed by atoms with van der Waals surface area (Å²) in [5, 5.41) is 0. The zero-order valence-corrected chi connectivity index (χ0v) is 16.3. The molecule has 140 valence electrons. The average molecular weight is 357 g/mol. The maximum Gasteiger partial charge on any atom is 0.323 e. The molecular weight excluding hydrogens is 320 g/mol. The number of ether oxygens (including phenoxy) is 1. The van der Waals surface area contributed by atoms with E-state index in [4.69, 9.17) is 0 Å². The maximum atomic E-state index is 11.3. The zero-order chi connectivity index (χ0) is 17.9. The highest BCUT2D eigenvalue weighted by Crippen LogP contribution is 2.10. The molecule has 0 rings (SSSR count). The molecule has 0 N–H and O–H groups in total. The van der Waals surface area contributed by atoms with Gasteiger partial charge in [0.1, 0.15) is 0 Å². The number of thiol groups is 1. The molecule has 0 fully saturated rings. The number of hydrogen-bond donors (Lipinski definition) is 1. The van der Waals surface area contributed by atoms with Crippen molar-refractivity contribution in [2.45, 2.75) is 96.8 Å². The molecule has 0 atom stereocenters. The summed E-state index contributed by atoms with van der Waals surface area (Å²) in [5.74, 6) is -1.03. The summed E-state index contributed by atoms with van der Waals surface area (Å²) >= 11 is 3.76. The van der Waals surface area contributed by atoms with Gasteiger partial charge in [0.15, 0.2) is 0 Å². The molecule has 24 heavy (non-hydrogen) atoms. The SMILES string of the molecule is CCCCCCCCC=CCCCCCCCC(=O)OC(=O)CS. The lowest BCUT2D eigenvalue weighted by atomic mass is 10.1. The molecule has 0 aromatic heterocycles. The van der Waals surface area contributed by atoms with E-state index in [2.05, 4.69) is 36.4 Å². The second-order valence-electron chi connectivity index (χ2n) is 6.34. The van der Waals surface area contributed by atoms with Crippen LogP contribution in [0.4, 0.5) is 0 Å². The van der Waals surface area contributed by atoms with Crippen LogP contribution < -0.4 is 0 Å². The Bertz CT molecular complexity index is 340. The minimum absolute atomic E-state index is 0.0435. The number of unbranched alkanes of at least 4 members (excludes halogenated alkanes) is 11. The number of esters is 2. The van der Waals surface area contributed by atoms with Gasteiger partial charge in [0, 0.05) is 6.42 Å². The molecule has 0 unspecified atom stereocenters. The fourth-order valence-electron chi connectivity index (χ4n) is 2.55. The maximum absolute atomic E-state index is 11.3. The Morgan fingerprint density at radius 2 is 1.25 bits per heavy atom. The summed E-state index contributed by atoms with van der Waals surface area (Å²) in [6.45, 7) is 2.25. The molecule has 0 aliphatic rings. The molecule has 4 heteroatoms. The minimum Gasteiger partial charge on any atom is -0.393 e. The van der Waals surface area contributed by atoms with E-state index in [1.54, 1.807) is 0 Å². The van der Waals surface area contributed by atoms with E-state index in [1.165, 1.54) is 57.8 Å². The third kappa shape index (κ3) is 17.6. The monoisotopic (exact) mass is 356 g/mol. The van der Waals surface area contributed by atoms with Gasteiger partial charge < -0.3 is 4.74 Å². The highest BCUT2D eigenvalue weighted by Gasteiger charge is 2.07. The second kappa shape index (κ2) is 18.6. The summed E-state index contributed by atoms with van der Waals surface area (Å²) in [5.41, 5.74) is 0. The zero-order valence-electron chi connectivity index (χ0n) is 15.4. The predicted molar refractivity (Wildman–Crippen MR) is 104 cm³/mol. The molecule has 3 nitrogen and oxygen atoms in total. The molecule has 0 radical (unpaired) electrons. The molecule has 0 saturated heterocycles. The van der Waals surface area contributed by atoms with Gasteiger partial charge in [-0.2, -0.15) is 12.6 Å². The Kier molecular flexibility index (Phi) is 18.0. The minimum atomic E-state index is -0.559. The Morgan fingerprint density at radius 3 is 1.79 bits per heavy atom. The van der Waals surface area contributed by atoms with Gasteiger partial charge in [-0.25, -0.2) is 0 Å². The fraction of sp³-hybridized carbons (Fsp3) is 0.800. The van der Waals surface area contributed by atoms with Crippen molar-refractivity contribution >= 4 is 24.6 Å². The molecule has 0 amide bonds. The van der Waals surface area contributed by atoms with Gasteiger partial charge in [-0.15, -0.1) is 0 Å². The lowest BCUT2D eigenvalue weighted by Gasteiger charge is -2.01. The van der Waals surface area contributed by atoms with E-state index in [9.17, 15) is 9.59 Å². The second-order valence-corrected chi connectivity index (χ2v) is 6.65. The van der Waals surface area contributed by atoms with Gasteiger partial charge in [0.25, 0.3) is 0 Å². The Balaban J connectivity index is 3.23. The Hall–Kier alpha value is -0.770. The summed E-state index contributed by atoms with van der Waals surface area (Å²) in [7, 11) is 0. The first-order chi connectivity index (χ1) is 11.7.